The van der Waals surface area contributed by atoms with Crippen LogP contribution in [-0.4, -0.2) is 31.9 Å². The Kier molecular flexibility index (Phi) is 6.55. The predicted molar refractivity (Wildman–Crippen MR) is 118 cm³/mol. The van der Waals surface area contributed by atoms with E-state index in [2.05, 4.69) is 21.9 Å². The molecule has 4 rings (SSSR count). The van der Waals surface area contributed by atoms with Crippen LogP contribution in [0.5, 0.6) is 5.75 Å². The standard InChI is InChI=1S/C26H18F3NO4/c27-26(28,29)34-19-13-17(12-18(14-19)15-31)6-5-11-30-25(32)33-16-24-22-9-3-1-7-20(22)21-8-2-4-10-23(21)24/h1-4,7-10,12-15,24H,11,16H2,(H,30,32). The fourth-order valence-electron chi connectivity index (χ4n) is 3.87. The lowest BCUT2D eigenvalue weighted by Crippen LogP contribution is -2.26. The number of alkyl carbamates (subject to hydrolysis) is 1. The Bertz CT molecular complexity index is 1250. The van der Waals surface area contributed by atoms with Crippen LogP contribution in [0.2, 0.25) is 0 Å². The van der Waals surface area contributed by atoms with Gasteiger partial charge < -0.3 is 14.8 Å². The largest absolute Gasteiger partial charge is 0.573 e. The van der Waals surface area contributed by atoms with Crippen molar-refractivity contribution in [3.05, 3.63) is 89.0 Å². The predicted octanol–water partition coefficient (Wildman–Crippen LogP) is 5.29. The van der Waals surface area contributed by atoms with Gasteiger partial charge in [0.25, 0.3) is 0 Å². The van der Waals surface area contributed by atoms with Crippen LogP contribution in [0.25, 0.3) is 11.1 Å². The van der Waals surface area contributed by atoms with Crippen molar-refractivity contribution in [3.63, 3.8) is 0 Å². The zero-order chi connectivity index (χ0) is 24.1. The molecule has 8 heteroatoms. The Morgan fingerprint density at radius 2 is 1.65 bits per heavy atom. The van der Waals surface area contributed by atoms with Gasteiger partial charge >= 0.3 is 12.5 Å². The molecule has 1 aliphatic carbocycles. The van der Waals surface area contributed by atoms with Crippen LogP contribution in [0.15, 0.2) is 66.7 Å². The van der Waals surface area contributed by atoms with Gasteiger partial charge in [-0.2, -0.15) is 0 Å². The zero-order valence-corrected chi connectivity index (χ0v) is 17.7. The normalized spacial score (nSPS) is 12.1. The lowest BCUT2D eigenvalue weighted by atomic mass is 9.98. The van der Waals surface area contributed by atoms with Crippen molar-refractivity contribution in [2.75, 3.05) is 13.2 Å². The molecule has 172 valence electrons. The second-order valence-corrected chi connectivity index (χ2v) is 7.44. The van der Waals surface area contributed by atoms with Crippen molar-refractivity contribution in [2.45, 2.75) is 12.3 Å². The minimum Gasteiger partial charge on any atom is -0.449 e. The number of alkyl halides is 3. The molecule has 0 heterocycles. The van der Waals surface area contributed by atoms with Gasteiger partial charge in [-0.05, 0) is 40.5 Å². The van der Waals surface area contributed by atoms with E-state index in [4.69, 9.17) is 4.74 Å². The summed E-state index contributed by atoms with van der Waals surface area (Å²) >= 11 is 0. The summed E-state index contributed by atoms with van der Waals surface area (Å²) in [7, 11) is 0. The average molecular weight is 465 g/mol. The van der Waals surface area contributed by atoms with E-state index < -0.39 is 18.2 Å². The molecule has 3 aromatic rings. The Morgan fingerprint density at radius 3 is 2.26 bits per heavy atom. The van der Waals surface area contributed by atoms with Gasteiger partial charge in [-0.15, -0.1) is 13.2 Å². The van der Waals surface area contributed by atoms with E-state index in [-0.39, 0.29) is 30.2 Å². The van der Waals surface area contributed by atoms with Crippen molar-refractivity contribution < 1.29 is 32.2 Å². The van der Waals surface area contributed by atoms with Crippen molar-refractivity contribution in [2.24, 2.45) is 0 Å². The number of hydrogen-bond donors (Lipinski definition) is 1. The Balaban J connectivity index is 1.35. The number of rotatable bonds is 5. The second-order valence-electron chi connectivity index (χ2n) is 7.44. The van der Waals surface area contributed by atoms with Gasteiger partial charge in [0.05, 0.1) is 6.54 Å². The van der Waals surface area contributed by atoms with Gasteiger partial charge in [0.1, 0.15) is 18.6 Å². The summed E-state index contributed by atoms with van der Waals surface area (Å²) in [5, 5.41) is 2.49. The zero-order valence-electron chi connectivity index (χ0n) is 17.7. The van der Waals surface area contributed by atoms with Crippen molar-refractivity contribution in [3.8, 4) is 28.7 Å². The van der Waals surface area contributed by atoms with Crippen LogP contribution in [0, 0.1) is 11.8 Å². The van der Waals surface area contributed by atoms with Crippen molar-refractivity contribution in [1.82, 2.24) is 5.32 Å². The molecule has 0 saturated heterocycles. The lowest BCUT2D eigenvalue weighted by Gasteiger charge is -2.14. The molecule has 1 aliphatic rings. The third-order valence-electron chi connectivity index (χ3n) is 5.20. The van der Waals surface area contributed by atoms with Crippen LogP contribution >= 0.6 is 0 Å². The first-order chi connectivity index (χ1) is 16.3. The average Bonchev–Trinajstić information content (AvgIpc) is 3.13. The molecule has 0 atom stereocenters. The fourth-order valence-corrected chi connectivity index (χ4v) is 3.87. The maximum absolute atomic E-state index is 12.4. The molecule has 0 aromatic heterocycles. The highest BCUT2D eigenvalue weighted by Crippen LogP contribution is 2.44. The number of fused-ring (bicyclic) bond motifs is 3. The summed E-state index contributed by atoms with van der Waals surface area (Å²) in [5.74, 6) is 4.58. The summed E-state index contributed by atoms with van der Waals surface area (Å²) in [6, 6.07) is 19.2. The fraction of sp³-hybridized carbons (Fsp3) is 0.154. The smallest absolute Gasteiger partial charge is 0.449 e. The van der Waals surface area contributed by atoms with E-state index in [9.17, 15) is 22.8 Å². The maximum Gasteiger partial charge on any atom is 0.573 e. The highest BCUT2D eigenvalue weighted by atomic mass is 19.4. The first kappa shape index (κ1) is 22.9. The van der Waals surface area contributed by atoms with Gasteiger partial charge in [0, 0.05) is 17.0 Å². The Morgan fingerprint density at radius 1 is 1.00 bits per heavy atom. The Hall–Kier alpha value is -4.25. The molecule has 34 heavy (non-hydrogen) atoms. The Labute approximate surface area is 193 Å². The molecule has 0 unspecified atom stereocenters. The van der Waals surface area contributed by atoms with Crippen LogP contribution in [0.1, 0.15) is 33.0 Å². The highest BCUT2D eigenvalue weighted by molar-refractivity contribution is 5.79. The number of nitrogens with one attached hydrogen (secondary N) is 1. The van der Waals surface area contributed by atoms with Gasteiger partial charge in [-0.25, -0.2) is 4.79 Å². The summed E-state index contributed by atoms with van der Waals surface area (Å²) in [6.07, 6.45) is -5.17. The molecule has 1 N–H and O–H groups in total. The number of amides is 1. The minimum atomic E-state index is -4.89. The summed E-state index contributed by atoms with van der Waals surface area (Å²) in [6.45, 7) is 0.0459. The third-order valence-corrected chi connectivity index (χ3v) is 5.20. The molecule has 3 aromatic carbocycles. The molecule has 0 bridgehead atoms. The molecule has 5 nitrogen and oxygen atoms in total. The van der Waals surface area contributed by atoms with E-state index in [0.29, 0.717) is 6.29 Å². The van der Waals surface area contributed by atoms with Crippen molar-refractivity contribution >= 4 is 12.4 Å². The van der Waals surface area contributed by atoms with Crippen LogP contribution in [0.3, 0.4) is 0 Å². The minimum absolute atomic E-state index is 0.0180. The molecule has 0 aliphatic heterocycles. The SMILES string of the molecule is O=Cc1cc(C#CCNC(=O)OCC2c3ccccc3-c3ccccc32)cc(OC(F)(F)F)c1. The van der Waals surface area contributed by atoms with E-state index in [1.54, 1.807) is 0 Å². The van der Waals surface area contributed by atoms with Gasteiger partial charge in [-0.1, -0.05) is 60.4 Å². The summed E-state index contributed by atoms with van der Waals surface area (Å²) in [5.41, 5.74) is 4.52. The summed E-state index contributed by atoms with van der Waals surface area (Å²) < 4.78 is 46.6. The van der Waals surface area contributed by atoms with Crippen molar-refractivity contribution in [1.29, 1.82) is 0 Å². The van der Waals surface area contributed by atoms with E-state index >= 15 is 0 Å². The first-order valence-electron chi connectivity index (χ1n) is 10.3. The number of ether oxygens (including phenoxy) is 2. The van der Waals surface area contributed by atoms with Gasteiger partial charge in [-0.3, -0.25) is 4.79 Å². The second kappa shape index (κ2) is 9.71. The third kappa shape index (κ3) is 5.38. The van der Waals surface area contributed by atoms with E-state index in [1.165, 1.54) is 6.07 Å². The molecule has 1 amide bonds. The number of benzene rings is 3. The number of halogens is 3. The van der Waals surface area contributed by atoms with Gasteiger partial charge in [0.15, 0.2) is 0 Å². The van der Waals surface area contributed by atoms with E-state index in [0.717, 1.165) is 34.4 Å². The number of aldehydes is 1. The molecule has 0 fully saturated rings. The quantitative estimate of drug-likeness (QED) is 0.411. The molecule has 0 saturated carbocycles. The summed E-state index contributed by atoms with van der Waals surface area (Å²) in [4.78, 5) is 23.1. The first-order valence-corrected chi connectivity index (χ1v) is 10.3. The molecular formula is C26H18F3NO4. The molecular weight excluding hydrogens is 447 g/mol. The van der Waals surface area contributed by atoms with Gasteiger partial charge in [0.2, 0.25) is 0 Å². The maximum atomic E-state index is 12.4. The van der Waals surface area contributed by atoms with E-state index in [1.807, 2.05) is 48.5 Å². The van der Waals surface area contributed by atoms with Crippen LogP contribution < -0.4 is 10.1 Å². The number of carbonyl (C=O) groups excluding carboxylic acids is 2. The molecule has 0 radical (unpaired) electrons. The van der Waals surface area contributed by atoms with Crippen LogP contribution in [0.4, 0.5) is 18.0 Å². The highest BCUT2D eigenvalue weighted by Gasteiger charge is 2.31. The lowest BCUT2D eigenvalue weighted by molar-refractivity contribution is -0.274. The number of carbonyl (C=O) groups is 2. The van der Waals surface area contributed by atoms with Crippen LogP contribution in [-0.2, 0) is 4.74 Å². The molecule has 0 spiro atoms. The monoisotopic (exact) mass is 465 g/mol. The number of hydrogen-bond acceptors (Lipinski definition) is 4. The topological polar surface area (TPSA) is 64.6 Å².